The van der Waals surface area contributed by atoms with Crippen molar-refractivity contribution in [3.63, 3.8) is 0 Å². The van der Waals surface area contributed by atoms with E-state index in [0.29, 0.717) is 0 Å². The molecule has 0 aliphatic carbocycles. The topological polar surface area (TPSA) is 81.7 Å². The summed E-state index contributed by atoms with van der Waals surface area (Å²) < 4.78 is 1.77. The van der Waals surface area contributed by atoms with Gasteiger partial charge in [-0.25, -0.2) is 4.98 Å². The average Bonchev–Trinajstić information content (AvgIpc) is 2.81. The van der Waals surface area contributed by atoms with Crippen molar-refractivity contribution < 1.29 is 0 Å². The largest absolute Gasteiger partial charge is 0.271 e. The van der Waals surface area contributed by atoms with Crippen molar-refractivity contribution in [2.24, 2.45) is 12.9 Å². The van der Waals surface area contributed by atoms with Crippen LogP contribution in [0.1, 0.15) is 17.8 Å². The lowest BCUT2D eigenvalue weighted by Crippen LogP contribution is -2.37. The van der Waals surface area contributed by atoms with Crippen LogP contribution >= 0.6 is 0 Å². The van der Waals surface area contributed by atoms with Crippen molar-refractivity contribution in [1.82, 2.24) is 25.2 Å². The minimum absolute atomic E-state index is 0.188. The van der Waals surface area contributed by atoms with E-state index in [0.717, 1.165) is 25.1 Å². The van der Waals surface area contributed by atoms with Crippen LogP contribution < -0.4 is 11.3 Å². The lowest BCUT2D eigenvalue weighted by Gasteiger charge is -2.14. The molecule has 2 rings (SSSR count). The van der Waals surface area contributed by atoms with Gasteiger partial charge in [-0.2, -0.15) is 5.10 Å². The zero-order valence-corrected chi connectivity index (χ0v) is 10.5. The average molecular weight is 246 g/mol. The molecule has 2 aromatic rings. The van der Waals surface area contributed by atoms with Crippen LogP contribution in [-0.2, 0) is 19.9 Å². The van der Waals surface area contributed by atoms with Gasteiger partial charge in [0.25, 0.3) is 0 Å². The van der Waals surface area contributed by atoms with Gasteiger partial charge >= 0.3 is 0 Å². The van der Waals surface area contributed by atoms with Crippen molar-refractivity contribution in [3.05, 3.63) is 42.2 Å². The molecule has 0 fully saturated rings. The lowest BCUT2D eigenvalue weighted by molar-refractivity contribution is 0.472. The third kappa shape index (κ3) is 3.35. The highest BCUT2D eigenvalue weighted by Crippen LogP contribution is 2.06. The summed E-state index contributed by atoms with van der Waals surface area (Å²) in [5.41, 5.74) is 4.05. The van der Waals surface area contributed by atoms with E-state index < -0.39 is 0 Å². The van der Waals surface area contributed by atoms with Crippen LogP contribution in [0.15, 0.2) is 30.9 Å². The molecule has 1 unspecified atom stereocenters. The van der Waals surface area contributed by atoms with E-state index in [1.54, 1.807) is 17.2 Å². The third-order valence-corrected chi connectivity index (χ3v) is 2.97. The van der Waals surface area contributed by atoms with Crippen LogP contribution in [0.3, 0.4) is 0 Å². The smallest absolute Gasteiger partial charge is 0.138 e. The number of hydrogen-bond acceptors (Lipinski definition) is 5. The molecule has 0 radical (unpaired) electrons. The fraction of sp³-hybridized carbons (Fsp3) is 0.417. The Morgan fingerprint density at radius 1 is 1.50 bits per heavy atom. The molecular formula is C12H18N6. The van der Waals surface area contributed by atoms with E-state index in [1.807, 2.05) is 19.3 Å². The molecule has 0 aromatic carbocycles. The number of hydrazine groups is 1. The Morgan fingerprint density at radius 3 is 3.00 bits per heavy atom. The van der Waals surface area contributed by atoms with Crippen LogP contribution in [0.5, 0.6) is 0 Å². The van der Waals surface area contributed by atoms with E-state index >= 15 is 0 Å². The maximum atomic E-state index is 5.58. The monoisotopic (exact) mass is 246 g/mol. The van der Waals surface area contributed by atoms with Gasteiger partial charge in [0.05, 0.1) is 0 Å². The molecule has 0 saturated carbocycles. The number of nitrogens with two attached hydrogens (primary N) is 1. The van der Waals surface area contributed by atoms with Crippen molar-refractivity contribution >= 4 is 0 Å². The van der Waals surface area contributed by atoms with Crippen molar-refractivity contribution in [2.75, 3.05) is 0 Å². The Balaban J connectivity index is 1.88. The molecule has 0 bridgehead atoms. The lowest BCUT2D eigenvalue weighted by atomic mass is 10.0. The zero-order valence-electron chi connectivity index (χ0n) is 10.5. The quantitative estimate of drug-likeness (QED) is 0.563. The SMILES string of the molecule is Cn1ncnc1CC(CCc1cccnc1)NN. The molecular weight excluding hydrogens is 228 g/mol. The first kappa shape index (κ1) is 12.7. The molecule has 18 heavy (non-hydrogen) atoms. The van der Waals surface area contributed by atoms with Gasteiger partial charge in [0.2, 0.25) is 0 Å². The Morgan fingerprint density at radius 2 is 2.39 bits per heavy atom. The highest BCUT2D eigenvalue weighted by Gasteiger charge is 2.11. The number of nitrogens with one attached hydrogen (secondary N) is 1. The van der Waals surface area contributed by atoms with Gasteiger partial charge < -0.3 is 0 Å². The summed E-state index contributed by atoms with van der Waals surface area (Å²) in [5, 5.41) is 4.05. The number of hydrogen-bond donors (Lipinski definition) is 2. The summed E-state index contributed by atoms with van der Waals surface area (Å²) in [5.74, 6) is 6.51. The standard InChI is InChI=1S/C12H18N6/c1-18-12(15-9-16-18)7-11(17-13)5-4-10-3-2-6-14-8-10/h2-3,6,8-9,11,17H,4-5,7,13H2,1H3. The predicted molar refractivity (Wildman–Crippen MR) is 68.4 cm³/mol. The zero-order chi connectivity index (χ0) is 12.8. The second kappa shape index (κ2) is 6.23. The van der Waals surface area contributed by atoms with Crippen molar-refractivity contribution in [3.8, 4) is 0 Å². The van der Waals surface area contributed by atoms with Gasteiger partial charge in [0.15, 0.2) is 0 Å². The first-order valence-electron chi connectivity index (χ1n) is 5.97. The Labute approximate surface area is 106 Å². The van der Waals surface area contributed by atoms with Crippen LogP contribution in [-0.4, -0.2) is 25.8 Å². The molecule has 2 heterocycles. The van der Waals surface area contributed by atoms with Crippen LogP contribution in [0.2, 0.25) is 0 Å². The second-order valence-corrected chi connectivity index (χ2v) is 4.27. The highest BCUT2D eigenvalue weighted by atomic mass is 15.3. The molecule has 0 aliphatic heterocycles. The Bertz CT molecular complexity index is 466. The number of pyridine rings is 1. The summed E-state index contributed by atoms with van der Waals surface area (Å²) in [7, 11) is 1.89. The molecule has 6 heteroatoms. The van der Waals surface area contributed by atoms with E-state index in [2.05, 4.69) is 26.6 Å². The van der Waals surface area contributed by atoms with E-state index in [9.17, 15) is 0 Å². The first-order chi connectivity index (χ1) is 8.79. The Hall–Kier alpha value is -1.79. The molecule has 0 amide bonds. The number of aromatic nitrogens is 4. The number of rotatable bonds is 6. The predicted octanol–water partition coefficient (Wildman–Crippen LogP) is 0.217. The van der Waals surface area contributed by atoms with E-state index in [4.69, 9.17) is 5.84 Å². The minimum atomic E-state index is 0.188. The summed E-state index contributed by atoms with van der Waals surface area (Å²) >= 11 is 0. The summed E-state index contributed by atoms with van der Waals surface area (Å²) in [6.45, 7) is 0. The van der Waals surface area contributed by atoms with Crippen LogP contribution in [0.25, 0.3) is 0 Å². The van der Waals surface area contributed by atoms with E-state index in [1.165, 1.54) is 5.56 Å². The van der Waals surface area contributed by atoms with Crippen molar-refractivity contribution in [2.45, 2.75) is 25.3 Å². The summed E-state index contributed by atoms with van der Waals surface area (Å²) in [6.07, 6.45) is 7.88. The highest BCUT2D eigenvalue weighted by molar-refractivity contribution is 5.08. The van der Waals surface area contributed by atoms with Crippen molar-refractivity contribution in [1.29, 1.82) is 0 Å². The molecule has 0 aliphatic rings. The Kier molecular flexibility index (Phi) is 4.38. The van der Waals surface area contributed by atoms with Gasteiger partial charge in [0.1, 0.15) is 12.2 Å². The molecule has 0 saturated heterocycles. The normalized spacial score (nSPS) is 12.6. The maximum Gasteiger partial charge on any atom is 0.138 e. The molecule has 96 valence electrons. The van der Waals surface area contributed by atoms with Gasteiger partial charge in [-0.1, -0.05) is 6.07 Å². The minimum Gasteiger partial charge on any atom is -0.271 e. The van der Waals surface area contributed by atoms with Crippen LogP contribution in [0.4, 0.5) is 0 Å². The number of aryl methyl sites for hydroxylation is 2. The first-order valence-corrected chi connectivity index (χ1v) is 5.97. The van der Waals surface area contributed by atoms with Gasteiger partial charge in [-0.3, -0.25) is 20.9 Å². The molecule has 0 spiro atoms. The van der Waals surface area contributed by atoms with Gasteiger partial charge in [-0.05, 0) is 24.5 Å². The summed E-state index contributed by atoms with van der Waals surface area (Å²) in [6, 6.07) is 4.21. The van der Waals surface area contributed by atoms with E-state index in [-0.39, 0.29) is 6.04 Å². The molecule has 6 nitrogen and oxygen atoms in total. The van der Waals surface area contributed by atoms with Crippen LogP contribution in [0, 0.1) is 0 Å². The maximum absolute atomic E-state index is 5.58. The molecule has 3 N–H and O–H groups in total. The third-order valence-electron chi connectivity index (χ3n) is 2.97. The molecule has 2 aromatic heterocycles. The van der Waals surface area contributed by atoms with Gasteiger partial charge in [-0.15, -0.1) is 0 Å². The fourth-order valence-electron chi connectivity index (χ4n) is 1.86. The molecule has 1 atom stereocenters. The fourth-order valence-corrected chi connectivity index (χ4v) is 1.86. The number of nitrogens with zero attached hydrogens (tertiary/aromatic N) is 4. The summed E-state index contributed by atoms with van der Waals surface area (Å²) in [4.78, 5) is 8.30. The second-order valence-electron chi connectivity index (χ2n) is 4.27. The van der Waals surface area contributed by atoms with Gasteiger partial charge in [0, 0.05) is 31.9 Å².